The molecule has 0 radical (unpaired) electrons. The van der Waals surface area contributed by atoms with Crippen molar-refractivity contribution in [1.29, 1.82) is 0 Å². The molecular formula is C18H24N4O2. The lowest BCUT2D eigenvalue weighted by molar-refractivity contribution is 0.0948. The highest BCUT2D eigenvalue weighted by molar-refractivity contribution is 5.92. The summed E-state index contributed by atoms with van der Waals surface area (Å²) in [5.74, 6) is 1.27. The third kappa shape index (κ3) is 4.94. The van der Waals surface area contributed by atoms with E-state index in [-0.39, 0.29) is 5.91 Å². The van der Waals surface area contributed by atoms with E-state index >= 15 is 0 Å². The van der Waals surface area contributed by atoms with Crippen LogP contribution in [0.15, 0.2) is 36.7 Å². The number of nitrogens with one attached hydrogen (secondary N) is 2. The van der Waals surface area contributed by atoms with Crippen molar-refractivity contribution in [2.45, 2.75) is 32.7 Å². The first kappa shape index (κ1) is 17.7. The van der Waals surface area contributed by atoms with Crippen molar-refractivity contribution in [3.63, 3.8) is 0 Å². The average Bonchev–Trinajstić information content (AvgIpc) is 2.62. The number of carbonyl (C=O) groups is 1. The van der Waals surface area contributed by atoms with Gasteiger partial charge in [-0.3, -0.25) is 4.79 Å². The molecule has 24 heavy (non-hydrogen) atoms. The minimum atomic E-state index is -0.229. The van der Waals surface area contributed by atoms with Crippen molar-refractivity contribution >= 4 is 11.7 Å². The second-order valence-corrected chi connectivity index (χ2v) is 5.56. The topological polar surface area (TPSA) is 76.1 Å². The number of anilines is 1. The molecule has 1 heterocycles. The van der Waals surface area contributed by atoms with Gasteiger partial charge < -0.3 is 15.4 Å². The van der Waals surface area contributed by atoms with Crippen LogP contribution in [0.25, 0.3) is 0 Å². The molecule has 1 aromatic heterocycles. The van der Waals surface area contributed by atoms with Crippen molar-refractivity contribution in [1.82, 2.24) is 15.3 Å². The zero-order valence-corrected chi connectivity index (χ0v) is 14.4. The van der Waals surface area contributed by atoms with Gasteiger partial charge in [-0.15, -0.1) is 0 Å². The normalized spacial score (nSPS) is 11.6. The molecule has 1 aromatic carbocycles. The maximum atomic E-state index is 12.1. The highest BCUT2D eigenvalue weighted by Crippen LogP contribution is 2.17. The summed E-state index contributed by atoms with van der Waals surface area (Å²) in [6.07, 6.45) is 4.76. The number of carbonyl (C=O) groups excluding carboxylic acids is 1. The summed E-state index contributed by atoms with van der Waals surface area (Å²) in [6, 6.07) is 8.09. The van der Waals surface area contributed by atoms with E-state index in [4.69, 9.17) is 4.74 Å². The van der Waals surface area contributed by atoms with Crippen LogP contribution in [0.3, 0.4) is 0 Å². The number of rotatable bonds is 8. The Bertz CT molecular complexity index is 658. The SMILES string of the molecule is CCC(C)Nc1cnc(C(=O)NCCc2ccccc2OC)cn1. The van der Waals surface area contributed by atoms with Crippen LogP contribution in [0.2, 0.25) is 0 Å². The molecule has 2 rings (SSSR count). The van der Waals surface area contributed by atoms with Crippen LogP contribution in [-0.4, -0.2) is 35.6 Å². The molecule has 2 aromatic rings. The highest BCUT2D eigenvalue weighted by Gasteiger charge is 2.09. The molecule has 0 spiro atoms. The fourth-order valence-corrected chi connectivity index (χ4v) is 2.19. The summed E-state index contributed by atoms with van der Waals surface area (Å²) in [5.41, 5.74) is 1.37. The van der Waals surface area contributed by atoms with Crippen LogP contribution >= 0.6 is 0 Å². The molecule has 1 amide bonds. The zero-order valence-electron chi connectivity index (χ0n) is 14.4. The zero-order chi connectivity index (χ0) is 17.4. The number of nitrogens with zero attached hydrogens (tertiary/aromatic N) is 2. The molecule has 0 bridgehead atoms. The fraction of sp³-hybridized carbons (Fsp3) is 0.389. The summed E-state index contributed by atoms with van der Waals surface area (Å²) < 4.78 is 5.30. The van der Waals surface area contributed by atoms with Crippen molar-refractivity contribution in [3.8, 4) is 5.75 Å². The summed E-state index contributed by atoms with van der Waals surface area (Å²) in [7, 11) is 1.64. The van der Waals surface area contributed by atoms with Crippen molar-refractivity contribution in [3.05, 3.63) is 47.9 Å². The lowest BCUT2D eigenvalue weighted by atomic mass is 10.1. The number of amides is 1. The third-order valence-electron chi connectivity index (χ3n) is 3.76. The quantitative estimate of drug-likeness (QED) is 0.779. The third-order valence-corrected chi connectivity index (χ3v) is 3.76. The number of para-hydroxylation sites is 1. The molecular weight excluding hydrogens is 304 g/mol. The Morgan fingerprint density at radius 1 is 1.25 bits per heavy atom. The molecule has 1 atom stereocenters. The second kappa shape index (κ2) is 8.86. The van der Waals surface area contributed by atoms with E-state index in [1.165, 1.54) is 6.20 Å². The number of aromatic nitrogens is 2. The first-order valence-corrected chi connectivity index (χ1v) is 8.12. The molecule has 6 heteroatoms. The molecule has 0 saturated carbocycles. The molecule has 1 unspecified atom stereocenters. The van der Waals surface area contributed by atoms with Gasteiger partial charge in [0.15, 0.2) is 0 Å². The number of methoxy groups -OCH3 is 1. The van der Waals surface area contributed by atoms with Gasteiger partial charge in [0.1, 0.15) is 17.3 Å². The van der Waals surface area contributed by atoms with Gasteiger partial charge in [-0.05, 0) is 31.4 Å². The van der Waals surface area contributed by atoms with E-state index in [1.807, 2.05) is 24.3 Å². The molecule has 0 aliphatic carbocycles. The lowest BCUT2D eigenvalue weighted by Crippen LogP contribution is -2.27. The minimum Gasteiger partial charge on any atom is -0.496 e. The van der Waals surface area contributed by atoms with Crippen molar-refractivity contribution in [2.75, 3.05) is 19.0 Å². The maximum absolute atomic E-state index is 12.1. The van der Waals surface area contributed by atoms with E-state index in [1.54, 1.807) is 13.3 Å². The Balaban J connectivity index is 1.86. The summed E-state index contributed by atoms with van der Waals surface area (Å²) >= 11 is 0. The monoisotopic (exact) mass is 328 g/mol. The smallest absolute Gasteiger partial charge is 0.271 e. The average molecular weight is 328 g/mol. The Kier molecular flexibility index (Phi) is 6.54. The molecule has 2 N–H and O–H groups in total. The van der Waals surface area contributed by atoms with Crippen LogP contribution in [0.4, 0.5) is 5.82 Å². The standard InChI is InChI=1S/C18H24N4O2/c1-4-13(2)22-17-12-20-15(11-21-17)18(23)19-10-9-14-7-5-6-8-16(14)24-3/h5-8,11-13H,4,9-10H2,1-3H3,(H,19,23)(H,21,22). The van der Waals surface area contributed by atoms with Gasteiger partial charge in [-0.25, -0.2) is 9.97 Å². The van der Waals surface area contributed by atoms with Crippen LogP contribution < -0.4 is 15.4 Å². The fourth-order valence-electron chi connectivity index (χ4n) is 2.19. The van der Waals surface area contributed by atoms with Gasteiger partial charge in [0.05, 0.1) is 19.5 Å². The Morgan fingerprint density at radius 2 is 2.04 bits per heavy atom. The molecule has 128 valence electrons. The summed E-state index contributed by atoms with van der Waals surface area (Å²) in [6.45, 7) is 4.67. The van der Waals surface area contributed by atoms with Crippen molar-refractivity contribution in [2.24, 2.45) is 0 Å². The van der Waals surface area contributed by atoms with Gasteiger partial charge in [-0.2, -0.15) is 0 Å². The van der Waals surface area contributed by atoms with Gasteiger partial charge in [0.25, 0.3) is 5.91 Å². The van der Waals surface area contributed by atoms with Gasteiger partial charge in [-0.1, -0.05) is 25.1 Å². The van der Waals surface area contributed by atoms with E-state index in [0.29, 0.717) is 30.5 Å². The Labute approximate surface area is 142 Å². The van der Waals surface area contributed by atoms with Crippen LogP contribution in [0.5, 0.6) is 5.75 Å². The summed E-state index contributed by atoms with van der Waals surface area (Å²) in [4.78, 5) is 20.5. The van der Waals surface area contributed by atoms with E-state index in [0.717, 1.165) is 17.7 Å². The first-order chi connectivity index (χ1) is 11.6. The van der Waals surface area contributed by atoms with Gasteiger partial charge in [0, 0.05) is 12.6 Å². The van der Waals surface area contributed by atoms with E-state index < -0.39 is 0 Å². The maximum Gasteiger partial charge on any atom is 0.271 e. The first-order valence-electron chi connectivity index (χ1n) is 8.12. The predicted octanol–water partition coefficient (Wildman–Crippen LogP) is 2.67. The predicted molar refractivity (Wildman–Crippen MR) is 94.4 cm³/mol. The minimum absolute atomic E-state index is 0.229. The number of hydrogen-bond donors (Lipinski definition) is 2. The number of hydrogen-bond acceptors (Lipinski definition) is 5. The Morgan fingerprint density at radius 3 is 2.71 bits per heavy atom. The van der Waals surface area contributed by atoms with Gasteiger partial charge >= 0.3 is 0 Å². The molecule has 6 nitrogen and oxygen atoms in total. The van der Waals surface area contributed by atoms with Gasteiger partial charge in [0.2, 0.25) is 0 Å². The van der Waals surface area contributed by atoms with Crippen LogP contribution in [0.1, 0.15) is 36.3 Å². The highest BCUT2D eigenvalue weighted by atomic mass is 16.5. The van der Waals surface area contributed by atoms with E-state index in [9.17, 15) is 4.79 Å². The lowest BCUT2D eigenvalue weighted by Gasteiger charge is -2.12. The number of ether oxygens (including phenoxy) is 1. The molecule has 0 saturated heterocycles. The van der Waals surface area contributed by atoms with E-state index in [2.05, 4.69) is 34.4 Å². The largest absolute Gasteiger partial charge is 0.496 e. The molecule has 0 fully saturated rings. The Hall–Kier alpha value is -2.63. The van der Waals surface area contributed by atoms with Crippen LogP contribution in [-0.2, 0) is 6.42 Å². The second-order valence-electron chi connectivity index (χ2n) is 5.56. The van der Waals surface area contributed by atoms with Crippen LogP contribution in [0, 0.1) is 0 Å². The molecule has 0 aliphatic heterocycles. The van der Waals surface area contributed by atoms with Crippen molar-refractivity contribution < 1.29 is 9.53 Å². The molecule has 0 aliphatic rings. The number of benzene rings is 1. The summed E-state index contributed by atoms with van der Waals surface area (Å²) in [5, 5.41) is 6.07.